The molecule has 2 aromatic rings. The maximum absolute atomic E-state index is 5.28. The summed E-state index contributed by atoms with van der Waals surface area (Å²) in [6.45, 7) is 2.89. The van der Waals surface area contributed by atoms with E-state index < -0.39 is 0 Å². The molecule has 0 atom stereocenters. The summed E-state index contributed by atoms with van der Waals surface area (Å²) in [6.07, 6.45) is 0. The van der Waals surface area contributed by atoms with Crippen molar-refractivity contribution in [1.82, 2.24) is 4.90 Å². The van der Waals surface area contributed by atoms with Gasteiger partial charge in [-0.2, -0.15) is 0 Å². The van der Waals surface area contributed by atoms with E-state index in [4.69, 9.17) is 4.74 Å². The van der Waals surface area contributed by atoms with Crippen LogP contribution < -0.4 is 4.74 Å². The van der Waals surface area contributed by atoms with Gasteiger partial charge in [-0.15, -0.1) is 0 Å². The second-order valence-electron chi connectivity index (χ2n) is 4.85. The van der Waals surface area contributed by atoms with Crippen LogP contribution in [0.4, 0.5) is 0 Å². The minimum atomic E-state index is 0.869. The number of hydrogen-bond acceptors (Lipinski definition) is 2. The third-order valence-corrected chi connectivity index (χ3v) is 4.25. The quantitative estimate of drug-likeness (QED) is 0.602. The molecule has 0 saturated carbocycles. The Hall–Kier alpha value is -0.840. The van der Waals surface area contributed by atoms with Crippen molar-refractivity contribution >= 4 is 31.9 Å². The van der Waals surface area contributed by atoms with E-state index in [1.165, 1.54) is 11.1 Å². The SMILES string of the molecule is COc1ccc(CN(CCBr)Cc2ccccc2)cc1Br. The van der Waals surface area contributed by atoms with Crippen molar-refractivity contribution < 1.29 is 4.74 Å². The first-order valence-electron chi connectivity index (χ1n) is 6.87. The van der Waals surface area contributed by atoms with Crippen molar-refractivity contribution in [3.63, 3.8) is 0 Å². The first-order valence-corrected chi connectivity index (χ1v) is 8.79. The molecule has 2 rings (SSSR count). The summed E-state index contributed by atoms with van der Waals surface area (Å²) in [5.41, 5.74) is 2.62. The molecule has 0 saturated heterocycles. The van der Waals surface area contributed by atoms with Gasteiger partial charge in [0, 0.05) is 25.0 Å². The summed E-state index contributed by atoms with van der Waals surface area (Å²) in [4.78, 5) is 2.43. The average Bonchev–Trinajstić information content (AvgIpc) is 2.49. The van der Waals surface area contributed by atoms with Gasteiger partial charge in [0.1, 0.15) is 5.75 Å². The Kier molecular flexibility index (Phi) is 6.74. The number of nitrogens with zero attached hydrogens (tertiary/aromatic N) is 1. The molecule has 0 unspecified atom stereocenters. The van der Waals surface area contributed by atoms with Crippen LogP contribution in [0.25, 0.3) is 0 Å². The van der Waals surface area contributed by atoms with Crippen molar-refractivity contribution in [1.29, 1.82) is 0 Å². The van der Waals surface area contributed by atoms with Crippen LogP contribution in [-0.2, 0) is 13.1 Å². The van der Waals surface area contributed by atoms with Crippen molar-refractivity contribution in [2.75, 3.05) is 19.0 Å². The van der Waals surface area contributed by atoms with E-state index in [2.05, 4.69) is 79.2 Å². The van der Waals surface area contributed by atoms with Gasteiger partial charge in [-0.05, 0) is 39.2 Å². The predicted octanol–water partition coefficient (Wildman–Crippen LogP) is 4.85. The number of alkyl halides is 1. The van der Waals surface area contributed by atoms with Crippen LogP contribution in [0.5, 0.6) is 5.75 Å². The summed E-state index contributed by atoms with van der Waals surface area (Å²) in [6, 6.07) is 16.8. The highest BCUT2D eigenvalue weighted by atomic mass is 79.9. The average molecular weight is 413 g/mol. The monoisotopic (exact) mass is 411 g/mol. The van der Waals surface area contributed by atoms with Gasteiger partial charge in [-0.25, -0.2) is 0 Å². The zero-order chi connectivity index (χ0) is 15.1. The Morgan fingerprint density at radius 1 is 1.00 bits per heavy atom. The Labute approximate surface area is 143 Å². The van der Waals surface area contributed by atoms with Crippen molar-refractivity contribution in [3.8, 4) is 5.75 Å². The molecule has 112 valence electrons. The minimum absolute atomic E-state index is 0.869. The molecule has 2 nitrogen and oxygen atoms in total. The standard InChI is InChI=1S/C17H19Br2NO/c1-21-17-8-7-15(11-16(17)19)13-20(10-9-18)12-14-5-3-2-4-6-14/h2-8,11H,9-10,12-13H2,1H3. The van der Waals surface area contributed by atoms with E-state index in [9.17, 15) is 0 Å². The van der Waals surface area contributed by atoms with Gasteiger partial charge in [0.15, 0.2) is 0 Å². The molecule has 0 aliphatic heterocycles. The number of ether oxygens (including phenoxy) is 1. The molecule has 0 fully saturated rings. The fourth-order valence-electron chi connectivity index (χ4n) is 2.24. The molecule has 21 heavy (non-hydrogen) atoms. The van der Waals surface area contributed by atoms with Crippen LogP contribution in [0.2, 0.25) is 0 Å². The molecule has 0 spiro atoms. The van der Waals surface area contributed by atoms with E-state index in [1.54, 1.807) is 7.11 Å². The van der Waals surface area contributed by atoms with Crippen molar-refractivity contribution in [2.24, 2.45) is 0 Å². The van der Waals surface area contributed by atoms with Crippen LogP contribution >= 0.6 is 31.9 Å². The van der Waals surface area contributed by atoms with Crippen LogP contribution in [0.1, 0.15) is 11.1 Å². The largest absolute Gasteiger partial charge is 0.496 e. The van der Waals surface area contributed by atoms with Crippen molar-refractivity contribution in [3.05, 3.63) is 64.1 Å². The summed E-state index contributed by atoms with van der Waals surface area (Å²) in [5, 5.41) is 0.969. The van der Waals surface area contributed by atoms with Gasteiger partial charge in [0.05, 0.1) is 11.6 Å². The third-order valence-electron chi connectivity index (χ3n) is 3.27. The van der Waals surface area contributed by atoms with Crippen LogP contribution in [0, 0.1) is 0 Å². The zero-order valence-electron chi connectivity index (χ0n) is 12.1. The Bertz CT molecular complexity index is 560. The van der Waals surface area contributed by atoms with E-state index in [0.29, 0.717) is 0 Å². The number of benzene rings is 2. The van der Waals surface area contributed by atoms with Crippen LogP contribution in [0.15, 0.2) is 53.0 Å². The molecule has 0 heterocycles. The lowest BCUT2D eigenvalue weighted by Crippen LogP contribution is -2.24. The van der Waals surface area contributed by atoms with E-state index in [0.717, 1.165) is 35.2 Å². The second-order valence-corrected chi connectivity index (χ2v) is 6.50. The van der Waals surface area contributed by atoms with Gasteiger partial charge >= 0.3 is 0 Å². The molecule has 0 bridgehead atoms. The van der Waals surface area contributed by atoms with Crippen LogP contribution in [0.3, 0.4) is 0 Å². The molecule has 0 amide bonds. The normalized spacial score (nSPS) is 10.9. The predicted molar refractivity (Wildman–Crippen MR) is 95.0 cm³/mol. The van der Waals surface area contributed by atoms with Gasteiger partial charge < -0.3 is 4.74 Å². The fraction of sp³-hybridized carbons (Fsp3) is 0.294. The minimum Gasteiger partial charge on any atom is -0.496 e. The number of methoxy groups -OCH3 is 1. The second kappa shape index (κ2) is 8.57. The first-order chi connectivity index (χ1) is 10.2. The maximum Gasteiger partial charge on any atom is 0.133 e. The van der Waals surface area contributed by atoms with Gasteiger partial charge in [-0.1, -0.05) is 52.3 Å². The number of rotatable bonds is 7. The highest BCUT2D eigenvalue weighted by Gasteiger charge is 2.08. The molecule has 0 radical (unpaired) electrons. The lowest BCUT2D eigenvalue weighted by atomic mass is 10.1. The maximum atomic E-state index is 5.28. The first kappa shape index (κ1) is 16.5. The lowest BCUT2D eigenvalue weighted by molar-refractivity contribution is 0.274. The Morgan fingerprint density at radius 3 is 2.33 bits per heavy atom. The summed E-state index contributed by atoms with van der Waals surface area (Å²) in [7, 11) is 1.69. The highest BCUT2D eigenvalue weighted by molar-refractivity contribution is 9.10. The molecule has 0 N–H and O–H groups in total. The molecule has 0 aromatic heterocycles. The third kappa shape index (κ3) is 5.13. The van der Waals surface area contributed by atoms with E-state index >= 15 is 0 Å². The van der Waals surface area contributed by atoms with Gasteiger partial charge in [-0.3, -0.25) is 4.90 Å². The summed E-state index contributed by atoms with van der Waals surface area (Å²) in [5.74, 6) is 0.869. The topological polar surface area (TPSA) is 12.5 Å². The Balaban J connectivity index is 2.07. The molecular formula is C17H19Br2NO. The van der Waals surface area contributed by atoms with Crippen molar-refractivity contribution in [2.45, 2.75) is 13.1 Å². The number of hydrogen-bond donors (Lipinski definition) is 0. The molecule has 4 heteroatoms. The lowest BCUT2D eigenvalue weighted by Gasteiger charge is -2.22. The van der Waals surface area contributed by atoms with Crippen LogP contribution in [-0.4, -0.2) is 23.9 Å². The smallest absolute Gasteiger partial charge is 0.133 e. The van der Waals surface area contributed by atoms with Gasteiger partial charge in [0.2, 0.25) is 0 Å². The fourth-order valence-corrected chi connectivity index (χ4v) is 3.33. The molecule has 2 aromatic carbocycles. The van der Waals surface area contributed by atoms with E-state index in [1.807, 2.05) is 6.07 Å². The zero-order valence-corrected chi connectivity index (χ0v) is 15.2. The number of halogens is 2. The molecule has 0 aliphatic rings. The summed E-state index contributed by atoms with van der Waals surface area (Å²) >= 11 is 7.09. The Morgan fingerprint density at radius 2 is 1.71 bits per heavy atom. The summed E-state index contributed by atoms with van der Waals surface area (Å²) < 4.78 is 6.28. The van der Waals surface area contributed by atoms with Gasteiger partial charge in [0.25, 0.3) is 0 Å². The molecule has 0 aliphatic carbocycles. The highest BCUT2D eigenvalue weighted by Crippen LogP contribution is 2.26. The van der Waals surface area contributed by atoms with E-state index in [-0.39, 0.29) is 0 Å². The molecular weight excluding hydrogens is 394 g/mol.